The Labute approximate surface area is 183 Å². The molecule has 0 fully saturated rings. The zero-order chi connectivity index (χ0) is 21.0. The van der Waals surface area contributed by atoms with Gasteiger partial charge in [0.1, 0.15) is 12.4 Å². The molecule has 152 valence electrons. The van der Waals surface area contributed by atoms with Crippen molar-refractivity contribution in [2.24, 2.45) is 0 Å². The summed E-state index contributed by atoms with van der Waals surface area (Å²) in [4.78, 5) is 0. The normalized spacial score (nSPS) is 10.7. The lowest BCUT2D eigenvalue weighted by Gasteiger charge is -2.16. The highest BCUT2D eigenvalue weighted by Gasteiger charge is 2.14. The molecule has 3 rings (SSSR count). The van der Waals surface area contributed by atoms with Crippen molar-refractivity contribution in [3.63, 3.8) is 0 Å². The van der Waals surface area contributed by atoms with E-state index in [1.165, 1.54) is 17.2 Å². The van der Waals surface area contributed by atoms with E-state index in [-0.39, 0.29) is 6.61 Å². The summed E-state index contributed by atoms with van der Waals surface area (Å²) in [6, 6.07) is 14.7. The number of halogens is 3. The van der Waals surface area contributed by atoms with Gasteiger partial charge in [0, 0.05) is 17.8 Å². The molecule has 0 aliphatic carbocycles. The van der Waals surface area contributed by atoms with Crippen LogP contribution in [0.2, 0.25) is 5.02 Å². The molecule has 29 heavy (non-hydrogen) atoms. The number of hydrogen-bond donors (Lipinski definition) is 1. The first-order chi connectivity index (χ1) is 13.9. The Morgan fingerprint density at radius 1 is 1.07 bits per heavy atom. The second kappa shape index (κ2) is 9.51. The molecule has 1 N–H and O–H groups in total. The average molecular weight is 479 g/mol. The van der Waals surface area contributed by atoms with Gasteiger partial charge in [0.05, 0.1) is 16.6 Å². The summed E-state index contributed by atoms with van der Waals surface area (Å²) in [7, 11) is 1.57. The Morgan fingerprint density at radius 2 is 1.86 bits per heavy atom. The summed E-state index contributed by atoms with van der Waals surface area (Å²) in [6.07, 6.45) is 0. The highest BCUT2D eigenvalue weighted by Crippen LogP contribution is 2.38. The van der Waals surface area contributed by atoms with Gasteiger partial charge in [0.15, 0.2) is 11.5 Å². The van der Waals surface area contributed by atoms with Gasteiger partial charge in [-0.2, -0.15) is 0 Å². The van der Waals surface area contributed by atoms with Crippen LogP contribution in [0.25, 0.3) is 0 Å². The molecular weight excluding hydrogens is 457 g/mol. The second-order valence-electron chi connectivity index (χ2n) is 6.75. The third-order valence-electron chi connectivity index (χ3n) is 4.72. The molecule has 0 saturated carbocycles. The van der Waals surface area contributed by atoms with Crippen LogP contribution in [0.3, 0.4) is 0 Å². The molecule has 3 nitrogen and oxygen atoms in total. The van der Waals surface area contributed by atoms with Gasteiger partial charge in [0.25, 0.3) is 0 Å². The van der Waals surface area contributed by atoms with Crippen molar-refractivity contribution in [3.8, 4) is 11.5 Å². The monoisotopic (exact) mass is 477 g/mol. The van der Waals surface area contributed by atoms with Gasteiger partial charge in [0.2, 0.25) is 0 Å². The number of aryl methyl sites for hydroxylation is 2. The number of hydrogen-bond acceptors (Lipinski definition) is 3. The smallest absolute Gasteiger partial charge is 0.175 e. The van der Waals surface area contributed by atoms with Gasteiger partial charge in [-0.05, 0) is 82.9 Å². The average Bonchev–Trinajstić information content (AvgIpc) is 2.69. The molecule has 0 aromatic heterocycles. The van der Waals surface area contributed by atoms with E-state index in [1.807, 2.05) is 12.1 Å². The van der Waals surface area contributed by atoms with Gasteiger partial charge in [-0.3, -0.25) is 0 Å². The molecular formula is C23H22BrClFNO2. The predicted octanol–water partition coefficient (Wildman–Crippen LogP) is 7.06. The van der Waals surface area contributed by atoms with Gasteiger partial charge < -0.3 is 14.8 Å². The van der Waals surface area contributed by atoms with Crippen LogP contribution >= 0.6 is 27.5 Å². The fourth-order valence-electron chi connectivity index (χ4n) is 2.89. The number of rotatable bonds is 7. The van der Waals surface area contributed by atoms with Crippen molar-refractivity contribution in [1.29, 1.82) is 0 Å². The molecule has 0 radical (unpaired) electrons. The molecule has 0 aliphatic heterocycles. The molecule has 0 atom stereocenters. The number of anilines is 1. The molecule has 0 unspecified atom stereocenters. The van der Waals surface area contributed by atoms with E-state index in [9.17, 15) is 4.39 Å². The van der Waals surface area contributed by atoms with E-state index in [2.05, 4.69) is 53.3 Å². The van der Waals surface area contributed by atoms with Crippen molar-refractivity contribution >= 4 is 33.2 Å². The van der Waals surface area contributed by atoms with E-state index < -0.39 is 5.82 Å². The summed E-state index contributed by atoms with van der Waals surface area (Å²) in [5.74, 6) is 0.660. The van der Waals surface area contributed by atoms with E-state index in [4.69, 9.17) is 21.1 Å². The Hall–Kier alpha value is -2.24. The zero-order valence-electron chi connectivity index (χ0n) is 16.5. The fraction of sp³-hybridized carbons (Fsp3) is 0.217. The van der Waals surface area contributed by atoms with Crippen LogP contribution in [0.5, 0.6) is 11.5 Å². The van der Waals surface area contributed by atoms with Crippen LogP contribution in [0, 0.1) is 19.7 Å². The Balaban J connectivity index is 1.75. The minimum Gasteiger partial charge on any atom is -0.493 e. The van der Waals surface area contributed by atoms with Crippen molar-refractivity contribution in [2.45, 2.75) is 27.0 Å². The van der Waals surface area contributed by atoms with E-state index in [1.54, 1.807) is 19.2 Å². The first-order valence-electron chi connectivity index (χ1n) is 9.12. The minimum absolute atomic E-state index is 0.000701. The zero-order valence-corrected chi connectivity index (χ0v) is 18.8. The largest absolute Gasteiger partial charge is 0.493 e. The predicted molar refractivity (Wildman–Crippen MR) is 120 cm³/mol. The van der Waals surface area contributed by atoms with Gasteiger partial charge in [-0.25, -0.2) is 4.39 Å². The van der Waals surface area contributed by atoms with Gasteiger partial charge in [-0.15, -0.1) is 0 Å². The summed E-state index contributed by atoms with van der Waals surface area (Å²) in [6.45, 7) is 4.81. The van der Waals surface area contributed by atoms with Crippen LogP contribution in [0.1, 0.15) is 22.3 Å². The van der Waals surface area contributed by atoms with Gasteiger partial charge in [-0.1, -0.05) is 23.7 Å². The number of methoxy groups -OCH3 is 1. The molecule has 0 amide bonds. The van der Waals surface area contributed by atoms with Crippen molar-refractivity contribution < 1.29 is 13.9 Å². The number of nitrogens with one attached hydrogen (secondary N) is 1. The van der Waals surface area contributed by atoms with Crippen molar-refractivity contribution in [1.82, 2.24) is 0 Å². The third kappa shape index (κ3) is 5.22. The SMILES string of the molecule is COc1cc(CNc2ccc(C)c(C)c2)cc(Br)c1OCc1c(F)cccc1Cl. The topological polar surface area (TPSA) is 30.5 Å². The summed E-state index contributed by atoms with van der Waals surface area (Å²) in [5.41, 5.74) is 4.88. The maximum Gasteiger partial charge on any atom is 0.175 e. The maximum absolute atomic E-state index is 14.0. The lowest BCUT2D eigenvalue weighted by atomic mass is 10.1. The first-order valence-corrected chi connectivity index (χ1v) is 10.3. The fourth-order valence-corrected chi connectivity index (χ4v) is 3.71. The minimum atomic E-state index is -0.401. The molecule has 3 aromatic carbocycles. The molecule has 3 aromatic rings. The van der Waals surface area contributed by atoms with Crippen LogP contribution in [-0.4, -0.2) is 7.11 Å². The number of benzene rings is 3. The van der Waals surface area contributed by atoms with Crippen LogP contribution in [-0.2, 0) is 13.2 Å². The number of ether oxygens (including phenoxy) is 2. The molecule has 0 saturated heterocycles. The van der Waals surface area contributed by atoms with E-state index >= 15 is 0 Å². The third-order valence-corrected chi connectivity index (χ3v) is 5.66. The summed E-state index contributed by atoms with van der Waals surface area (Å²) >= 11 is 9.62. The maximum atomic E-state index is 14.0. The Bertz CT molecular complexity index is 1010. The molecule has 0 heterocycles. The second-order valence-corrected chi connectivity index (χ2v) is 8.01. The van der Waals surface area contributed by atoms with Crippen LogP contribution < -0.4 is 14.8 Å². The Morgan fingerprint density at radius 3 is 2.55 bits per heavy atom. The lowest BCUT2D eigenvalue weighted by molar-refractivity contribution is 0.278. The summed E-state index contributed by atoms with van der Waals surface area (Å²) < 4.78 is 26.1. The first kappa shape index (κ1) is 21.5. The quantitative estimate of drug-likeness (QED) is 0.394. The van der Waals surface area contributed by atoms with E-state index in [0.29, 0.717) is 28.6 Å². The standard InChI is InChI=1S/C23H22BrClFNO2/c1-14-7-8-17(9-15(14)2)27-12-16-10-19(24)23(22(11-16)28-3)29-13-18-20(25)5-4-6-21(18)26/h4-11,27H,12-13H2,1-3H3. The molecule has 0 bridgehead atoms. The lowest BCUT2D eigenvalue weighted by Crippen LogP contribution is -2.04. The molecule has 6 heteroatoms. The highest BCUT2D eigenvalue weighted by molar-refractivity contribution is 9.10. The van der Waals surface area contributed by atoms with Crippen molar-refractivity contribution in [3.05, 3.63) is 86.1 Å². The van der Waals surface area contributed by atoms with Crippen LogP contribution in [0.15, 0.2) is 53.0 Å². The van der Waals surface area contributed by atoms with Gasteiger partial charge >= 0.3 is 0 Å². The Kier molecular flexibility index (Phi) is 7.04. The molecule has 0 spiro atoms. The van der Waals surface area contributed by atoms with Crippen molar-refractivity contribution in [2.75, 3.05) is 12.4 Å². The van der Waals surface area contributed by atoms with Crippen LogP contribution in [0.4, 0.5) is 10.1 Å². The molecule has 0 aliphatic rings. The van der Waals surface area contributed by atoms with E-state index in [0.717, 1.165) is 15.7 Å². The summed E-state index contributed by atoms with van der Waals surface area (Å²) in [5, 5.41) is 3.74. The highest BCUT2D eigenvalue weighted by atomic mass is 79.9.